The third kappa shape index (κ3) is 3.29. The molecule has 1 N–H and O–H groups in total. The molecular weight excluding hydrogens is 310 g/mol. The third-order valence-corrected chi connectivity index (χ3v) is 3.68. The van der Waals surface area contributed by atoms with Crippen molar-refractivity contribution in [3.05, 3.63) is 28.2 Å². The molecule has 2 aromatic rings. The molecule has 3 nitrogen and oxygen atoms in total. The van der Waals surface area contributed by atoms with Crippen LogP contribution in [0.4, 0.5) is 5.13 Å². The fraction of sp³-hybridized carbons (Fsp3) is 0.385. The Morgan fingerprint density at radius 3 is 2.83 bits per heavy atom. The van der Waals surface area contributed by atoms with Crippen LogP contribution >= 0.6 is 27.5 Å². The van der Waals surface area contributed by atoms with Crippen molar-refractivity contribution in [2.24, 2.45) is 5.92 Å². The van der Waals surface area contributed by atoms with Gasteiger partial charge in [-0.25, -0.2) is 0 Å². The van der Waals surface area contributed by atoms with Crippen molar-refractivity contribution in [3.63, 3.8) is 0 Å². The summed E-state index contributed by atoms with van der Waals surface area (Å²) < 4.78 is 5.49. The molecule has 0 atom stereocenters. The second kappa shape index (κ2) is 5.80. The number of hydrogen-bond donors (Lipinski definition) is 1. The van der Waals surface area contributed by atoms with Crippen LogP contribution in [0.5, 0.6) is 0 Å². The molecule has 0 aliphatic heterocycles. The molecule has 0 saturated heterocycles. The zero-order valence-electron chi connectivity index (χ0n) is 10.7. The molecule has 0 amide bonds. The molecule has 1 heterocycles. The summed E-state index contributed by atoms with van der Waals surface area (Å²) in [4.78, 5) is 4.52. The molecule has 0 fully saturated rings. The van der Waals surface area contributed by atoms with Gasteiger partial charge in [-0.1, -0.05) is 29.8 Å². The van der Waals surface area contributed by atoms with Gasteiger partial charge in [-0.15, -0.1) is 0 Å². The van der Waals surface area contributed by atoms with Gasteiger partial charge < -0.3 is 5.32 Å². The Bertz CT molecular complexity index is 537. The lowest BCUT2D eigenvalue weighted by Crippen LogP contribution is -2.07. The minimum absolute atomic E-state index is 0.603. The van der Waals surface area contributed by atoms with E-state index in [0.29, 0.717) is 5.92 Å². The normalized spacial score (nSPS) is 10.9. The SMILES string of the molecule is Cc1cc(Br)ccc1-c1nsc(NCC(C)C)n1. The molecule has 1 aromatic heterocycles. The fourth-order valence-corrected chi connectivity index (χ4v) is 2.64. The Morgan fingerprint density at radius 2 is 2.17 bits per heavy atom. The maximum Gasteiger partial charge on any atom is 0.202 e. The zero-order valence-corrected chi connectivity index (χ0v) is 13.1. The summed E-state index contributed by atoms with van der Waals surface area (Å²) in [6.07, 6.45) is 0. The maximum atomic E-state index is 4.52. The molecule has 0 saturated carbocycles. The highest BCUT2D eigenvalue weighted by molar-refractivity contribution is 9.10. The Morgan fingerprint density at radius 1 is 1.39 bits per heavy atom. The number of aryl methyl sites for hydroxylation is 1. The van der Waals surface area contributed by atoms with Crippen LogP contribution in [-0.2, 0) is 0 Å². The van der Waals surface area contributed by atoms with Crippen molar-refractivity contribution in [1.29, 1.82) is 0 Å². The highest BCUT2D eigenvalue weighted by Crippen LogP contribution is 2.26. The van der Waals surface area contributed by atoms with E-state index in [1.807, 2.05) is 12.1 Å². The van der Waals surface area contributed by atoms with E-state index in [1.165, 1.54) is 17.1 Å². The molecule has 5 heteroatoms. The molecule has 96 valence electrons. The predicted octanol–water partition coefficient (Wildman–Crippen LogP) is 4.34. The summed E-state index contributed by atoms with van der Waals surface area (Å²) in [5, 5.41) is 4.19. The molecule has 1 aromatic carbocycles. The van der Waals surface area contributed by atoms with Gasteiger partial charge in [0.25, 0.3) is 0 Å². The van der Waals surface area contributed by atoms with Gasteiger partial charge in [-0.3, -0.25) is 0 Å². The summed E-state index contributed by atoms with van der Waals surface area (Å²) >= 11 is 4.88. The first-order chi connectivity index (χ1) is 8.56. The topological polar surface area (TPSA) is 37.8 Å². The van der Waals surface area contributed by atoms with Crippen molar-refractivity contribution in [3.8, 4) is 11.4 Å². The highest BCUT2D eigenvalue weighted by atomic mass is 79.9. The first kappa shape index (κ1) is 13.5. The summed E-state index contributed by atoms with van der Waals surface area (Å²) in [6, 6.07) is 6.15. The first-order valence-electron chi connectivity index (χ1n) is 5.90. The highest BCUT2D eigenvalue weighted by Gasteiger charge is 2.09. The molecule has 2 rings (SSSR count). The molecular formula is C13H16BrN3S. The molecule has 18 heavy (non-hydrogen) atoms. The number of benzene rings is 1. The molecule has 0 radical (unpaired) electrons. The lowest BCUT2D eigenvalue weighted by molar-refractivity contribution is 0.688. The van der Waals surface area contributed by atoms with Crippen LogP contribution in [0, 0.1) is 12.8 Å². The van der Waals surface area contributed by atoms with Crippen LogP contribution < -0.4 is 5.32 Å². The van der Waals surface area contributed by atoms with E-state index in [0.717, 1.165) is 27.5 Å². The van der Waals surface area contributed by atoms with Crippen LogP contribution in [0.15, 0.2) is 22.7 Å². The fourth-order valence-electron chi connectivity index (χ4n) is 1.57. The maximum absolute atomic E-state index is 4.52. The average molecular weight is 326 g/mol. The van der Waals surface area contributed by atoms with Gasteiger partial charge in [0.2, 0.25) is 5.13 Å². The predicted molar refractivity (Wildman–Crippen MR) is 81.1 cm³/mol. The summed E-state index contributed by atoms with van der Waals surface area (Å²) in [5.74, 6) is 1.41. The number of anilines is 1. The van der Waals surface area contributed by atoms with Gasteiger partial charge in [0.1, 0.15) is 0 Å². The van der Waals surface area contributed by atoms with Gasteiger partial charge in [0.05, 0.1) is 0 Å². The van der Waals surface area contributed by atoms with Crippen LogP contribution in [-0.4, -0.2) is 15.9 Å². The monoisotopic (exact) mass is 325 g/mol. The van der Waals surface area contributed by atoms with Crippen LogP contribution in [0.2, 0.25) is 0 Å². The molecule has 0 spiro atoms. The Balaban J connectivity index is 2.18. The van der Waals surface area contributed by atoms with E-state index in [4.69, 9.17) is 0 Å². The smallest absolute Gasteiger partial charge is 0.202 e. The number of halogens is 1. The van der Waals surface area contributed by atoms with E-state index in [1.54, 1.807) is 0 Å². The molecule has 0 aliphatic carbocycles. The van der Waals surface area contributed by atoms with Crippen LogP contribution in [0.3, 0.4) is 0 Å². The second-order valence-electron chi connectivity index (χ2n) is 4.66. The number of nitrogens with one attached hydrogen (secondary N) is 1. The van der Waals surface area contributed by atoms with Gasteiger partial charge in [-0.2, -0.15) is 9.36 Å². The number of aromatic nitrogens is 2. The van der Waals surface area contributed by atoms with E-state index >= 15 is 0 Å². The van der Waals surface area contributed by atoms with E-state index < -0.39 is 0 Å². The molecule has 0 bridgehead atoms. The lowest BCUT2D eigenvalue weighted by Gasteiger charge is -2.04. The minimum atomic E-state index is 0.603. The van der Waals surface area contributed by atoms with E-state index in [9.17, 15) is 0 Å². The zero-order chi connectivity index (χ0) is 13.1. The first-order valence-corrected chi connectivity index (χ1v) is 7.47. The molecule has 0 aliphatic rings. The van der Waals surface area contributed by atoms with E-state index in [2.05, 4.69) is 57.4 Å². The Kier molecular flexibility index (Phi) is 4.35. The minimum Gasteiger partial charge on any atom is -0.360 e. The number of hydrogen-bond acceptors (Lipinski definition) is 4. The standard InChI is InChI=1S/C13H16BrN3S/c1-8(2)7-15-13-16-12(17-18-13)11-5-4-10(14)6-9(11)3/h4-6,8H,7H2,1-3H3,(H,15,16,17). The van der Waals surface area contributed by atoms with Crippen LogP contribution in [0.1, 0.15) is 19.4 Å². The lowest BCUT2D eigenvalue weighted by atomic mass is 10.1. The number of rotatable bonds is 4. The van der Waals surface area contributed by atoms with Crippen molar-refractivity contribution in [2.75, 3.05) is 11.9 Å². The number of nitrogens with zero attached hydrogens (tertiary/aromatic N) is 2. The van der Waals surface area contributed by atoms with Crippen molar-refractivity contribution in [2.45, 2.75) is 20.8 Å². The van der Waals surface area contributed by atoms with Crippen molar-refractivity contribution in [1.82, 2.24) is 9.36 Å². The Hall–Kier alpha value is -0.940. The quantitative estimate of drug-likeness (QED) is 0.908. The average Bonchev–Trinajstić information content (AvgIpc) is 2.75. The third-order valence-electron chi connectivity index (χ3n) is 2.52. The molecule has 0 unspecified atom stereocenters. The van der Waals surface area contributed by atoms with Crippen LogP contribution in [0.25, 0.3) is 11.4 Å². The summed E-state index contributed by atoms with van der Waals surface area (Å²) in [5.41, 5.74) is 2.27. The van der Waals surface area contributed by atoms with E-state index in [-0.39, 0.29) is 0 Å². The van der Waals surface area contributed by atoms with Gasteiger partial charge in [0, 0.05) is 28.1 Å². The Labute approximate surface area is 120 Å². The summed E-state index contributed by atoms with van der Waals surface area (Å²) in [6.45, 7) is 7.35. The van der Waals surface area contributed by atoms with Crippen molar-refractivity contribution < 1.29 is 0 Å². The second-order valence-corrected chi connectivity index (χ2v) is 6.32. The van der Waals surface area contributed by atoms with Gasteiger partial charge in [0.15, 0.2) is 5.82 Å². The largest absolute Gasteiger partial charge is 0.360 e. The van der Waals surface area contributed by atoms with Gasteiger partial charge >= 0.3 is 0 Å². The van der Waals surface area contributed by atoms with Crippen molar-refractivity contribution >= 4 is 32.6 Å². The summed E-state index contributed by atoms with van der Waals surface area (Å²) in [7, 11) is 0. The van der Waals surface area contributed by atoms with Gasteiger partial charge in [-0.05, 0) is 36.6 Å².